The van der Waals surface area contributed by atoms with E-state index in [-0.39, 0.29) is 24.5 Å². The lowest BCUT2D eigenvalue weighted by molar-refractivity contribution is -0.137. The van der Waals surface area contributed by atoms with Gasteiger partial charge in [0.25, 0.3) is 0 Å². The van der Waals surface area contributed by atoms with Gasteiger partial charge in [0.1, 0.15) is 0 Å². The Bertz CT molecular complexity index is 659. The lowest BCUT2D eigenvalue weighted by atomic mass is 9.87. The summed E-state index contributed by atoms with van der Waals surface area (Å²) in [6.45, 7) is 5.06. The average molecular weight is 389 g/mol. The molecular weight excluding hydrogens is 356 g/mol. The number of aliphatic carboxylic acids is 1. The summed E-state index contributed by atoms with van der Waals surface area (Å²) in [7, 11) is 0. The number of hydrogen-bond donors (Lipinski definition) is 4. The number of carbonyl (C=O) groups excluding carboxylic acids is 1. The van der Waals surface area contributed by atoms with Gasteiger partial charge in [-0.25, -0.2) is 4.79 Å². The first kappa shape index (κ1) is 20.6. The van der Waals surface area contributed by atoms with Crippen LogP contribution in [-0.2, 0) is 11.2 Å². The minimum atomic E-state index is -0.836. The Kier molecular flexibility index (Phi) is 6.91. The zero-order valence-electron chi connectivity index (χ0n) is 16.7. The third-order valence-corrected chi connectivity index (χ3v) is 6.06. The summed E-state index contributed by atoms with van der Waals surface area (Å²) in [5, 5.41) is 12.2. The summed E-state index contributed by atoms with van der Waals surface area (Å²) < 4.78 is 0. The van der Waals surface area contributed by atoms with Crippen molar-refractivity contribution in [1.82, 2.24) is 21.1 Å². The Morgan fingerprint density at radius 1 is 1.21 bits per heavy atom. The summed E-state index contributed by atoms with van der Waals surface area (Å²) in [5.74, 6) is -0.475. The van der Waals surface area contributed by atoms with Crippen molar-refractivity contribution in [2.75, 3.05) is 6.54 Å². The normalized spacial score (nSPS) is 28.3. The molecule has 0 aliphatic carbocycles. The number of hydrogen-bond acceptors (Lipinski definition) is 4. The topological polar surface area (TPSA) is 93.7 Å². The Morgan fingerprint density at radius 2 is 1.89 bits per heavy atom. The van der Waals surface area contributed by atoms with E-state index in [9.17, 15) is 9.59 Å². The zero-order chi connectivity index (χ0) is 20.1. The number of nitrogens with zero attached hydrogens (tertiary/aromatic N) is 1. The summed E-state index contributed by atoms with van der Waals surface area (Å²) in [6, 6.07) is 10.5. The molecule has 1 aromatic carbocycles. The largest absolute Gasteiger partial charge is 0.481 e. The monoisotopic (exact) mass is 388 g/mol. The second kappa shape index (κ2) is 9.39. The van der Waals surface area contributed by atoms with Crippen LogP contribution in [0.1, 0.15) is 45.1 Å². The molecule has 0 bridgehead atoms. The number of likely N-dealkylation sites (tertiary alicyclic amines) is 1. The van der Waals surface area contributed by atoms with E-state index in [2.05, 4.69) is 30.0 Å². The third kappa shape index (κ3) is 5.02. The molecule has 0 radical (unpaired) electrons. The number of carboxylic acid groups (broad SMARTS) is 1. The number of carboxylic acids is 1. The lowest BCUT2D eigenvalue weighted by Crippen LogP contribution is -2.52. The first-order valence-corrected chi connectivity index (χ1v) is 10.3. The highest BCUT2D eigenvalue weighted by atomic mass is 16.4. The molecule has 2 amide bonds. The van der Waals surface area contributed by atoms with Gasteiger partial charge in [0.15, 0.2) is 0 Å². The van der Waals surface area contributed by atoms with Crippen molar-refractivity contribution < 1.29 is 14.7 Å². The molecule has 2 fully saturated rings. The minimum Gasteiger partial charge on any atom is -0.481 e. The maximum absolute atomic E-state index is 13.1. The first-order chi connectivity index (χ1) is 13.5. The van der Waals surface area contributed by atoms with Gasteiger partial charge >= 0.3 is 12.0 Å². The molecule has 2 saturated heterocycles. The fourth-order valence-corrected chi connectivity index (χ4v) is 4.68. The lowest BCUT2D eigenvalue weighted by Gasteiger charge is -2.34. The van der Waals surface area contributed by atoms with E-state index in [1.165, 1.54) is 0 Å². The Balaban J connectivity index is 1.66. The molecule has 2 aliphatic heterocycles. The molecule has 7 heteroatoms. The van der Waals surface area contributed by atoms with Gasteiger partial charge in [-0.05, 0) is 45.1 Å². The first-order valence-electron chi connectivity index (χ1n) is 10.3. The standard InChI is InChI=1S/C21H32N4O3/c1-14-20(15(2)24-23-14)18-9-6-12-25(18)21(28)22-17(10-11-19(26)27)13-16-7-4-3-5-8-16/h3-5,7-8,14-15,17-18,20,23-24H,6,9-13H2,1-2H3,(H,22,28)(H,26,27). The van der Waals surface area contributed by atoms with E-state index in [4.69, 9.17) is 5.11 Å². The van der Waals surface area contributed by atoms with Crippen molar-refractivity contribution in [3.8, 4) is 0 Å². The number of urea groups is 1. The van der Waals surface area contributed by atoms with E-state index in [0.717, 1.165) is 24.9 Å². The minimum absolute atomic E-state index is 0.0474. The molecule has 2 heterocycles. The smallest absolute Gasteiger partial charge is 0.317 e. The van der Waals surface area contributed by atoms with Crippen LogP contribution in [0.5, 0.6) is 0 Å². The molecule has 28 heavy (non-hydrogen) atoms. The third-order valence-electron chi connectivity index (χ3n) is 6.06. The number of hydrazine groups is 1. The van der Waals surface area contributed by atoms with Crippen LogP contribution in [0, 0.1) is 5.92 Å². The number of carbonyl (C=O) groups is 2. The zero-order valence-corrected chi connectivity index (χ0v) is 16.7. The van der Waals surface area contributed by atoms with Gasteiger partial charge in [-0.2, -0.15) is 0 Å². The number of rotatable bonds is 7. The van der Waals surface area contributed by atoms with E-state index >= 15 is 0 Å². The van der Waals surface area contributed by atoms with Crippen molar-refractivity contribution in [3.63, 3.8) is 0 Å². The molecule has 154 valence electrons. The molecular formula is C21H32N4O3. The second-order valence-corrected chi connectivity index (χ2v) is 8.11. The fourth-order valence-electron chi connectivity index (χ4n) is 4.68. The highest BCUT2D eigenvalue weighted by molar-refractivity contribution is 5.75. The average Bonchev–Trinajstić information content (AvgIpc) is 3.26. The van der Waals surface area contributed by atoms with E-state index in [1.54, 1.807) is 0 Å². The van der Waals surface area contributed by atoms with Gasteiger partial charge in [0, 0.05) is 43.1 Å². The highest BCUT2D eigenvalue weighted by Crippen LogP contribution is 2.30. The van der Waals surface area contributed by atoms with Crippen LogP contribution in [0.4, 0.5) is 4.79 Å². The van der Waals surface area contributed by atoms with Crippen molar-refractivity contribution in [2.45, 2.75) is 70.1 Å². The maximum Gasteiger partial charge on any atom is 0.317 e. The molecule has 0 saturated carbocycles. The molecule has 2 aliphatic rings. The molecule has 0 spiro atoms. The quantitative estimate of drug-likeness (QED) is 0.574. The van der Waals surface area contributed by atoms with Crippen LogP contribution in [0.3, 0.4) is 0 Å². The van der Waals surface area contributed by atoms with Crippen molar-refractivity contribution in [2.24, 2.45) is 5.92 Å². The van der Waals surface area contributed by atoms with Crippen LogP contribution in [0.2, 0.25) is 0 Å². The highest BCUT2D eigenvalue weighted by Gasteiger charge is 2.43. The summed E-state index contributed by atoms with van der Waals surface area (Å²) >= 11 is 0. The van der Waals surface area contributed by atoms with E-state index in [0.29, 0.717) is 30.8 Å². The van der Waals surface area contributed by atoms with Gasteiger partial charge in [-0.1, -0.05) is 30.3 Å². The van der Waals surface area contributed by atoms with Gasteiger partial charge in [-0.3, -0.25) is 15.6 Å². The van der Waals surface area contributed by atoms with Gasteiger partial charge < -0.3 is 15.3 Å². The van der Waals surface area contributed by atoms with Crippen LogP contribution in [0.25, 0.3) is 0 Å². The Labute approximate surface area is 166 Å². The van der Waals surface area contributed by atoms with E-state index < -0.39 is 5.97 Å². The predicted molar refractivity (Wildman–Crippen MR) is 108 cm³/mol. The van der Waals surface area contributed by atoms with Crippen LogP contribution < -0.4 is 16.2 Å². The number of benzene rings is 1. The van der Waals surface area contributed by atoms with Gasteiger partial charge in [-0.15, -0.1) is 0 Å². The van der Waals surface area contributed by atoms with Crippen LogP contribution in [-0.4, -0.2) is 52.7 Å². The van der Waals surface area contributed by atoms with Crippen molar-refractivity contribution in [1.29, 1.82) is 0 Å². The van der Waals surface area contributed by atoms with Crippen molar-refractivity contribution >= 4 is 12.0 Å². The second-order valence-electron chi connectivity index (χ2n) is 8.11. The fraction of sp³-hybridized carbons (Fsp3) is 0.619. The molecule has 3 rings (SSSR count). The molecule has 4 atom stereocenters. The maximum atomic E-state index is 13.1. The van der Waals surface area contributed by atoms with Crippen molar-refractivity contribution in [3.05, 3.63) is 35.9 Å². The van der Waals surface area contributed by atoms with Gasteiger partial charge in [0.2, 0.25) is 0 Å². The Hall–Kier alpha value is -2.12. The molecule has 0 aromatic heterocycles. The number of nitrogens with one attached hydrogen (secondary N) is 3. The predicted octanol–water partition coefficient (Wildman–Crippen LogP) is 2.14. The summed E-state index contributed by atoms with van der Waals surface area (Å²) in [6.07, 6.45) is 3.12. The Morgan fingerprint density at radius 3 is 2.54 bits per heavy atom. The number of amides is 2. The summed E-state index contributed by atoms with van der Waals surface area (Å²) in [4.78, 5) is 26.1. The van der Waals surface area contributed by atoms with Gasteiger partial charge in [0.05, 0.1) is 0 Å². The molecule has 7 nitrogen and oxygen atoms in total. The molecule has 4 N–H and O–H groups in total. The SMILES string of the molecule is CC1NNC(C)C1C1CCCN1C(=O)NC(CCC(=O)O)Cc1ccccc1. The molecule has 4 unspecified atom stereocenters. The molecule has 1 aromatic rings. The summed E-state index contributed by atoms with van der Waals surface area (Å²) in [5.41, 5.74) is 7.68. The van der Waals surface area contributed by atoms with Crippen LogP contribution in [0.15, 0.2) is 30.3 Å². The van der Waals surface area contributed by atoms with Crippen LogP contribution >= 0.6 is 0 Å². The van der Waals surface area contributed by atoms with E-state index in [1.807, 2.05) is 35.2 Å².